The highest BCUT2D eigenvalue weighted by Gasteiger charge is 2.17. The van der Waals surface area contributed by atoms with Crippen LogP contribution in [-0.2, 0) is 9.53 Å². The molecule has 3 heteroatoms. The normalized spacial score (nSPS) is 12.8. The Bertz CT molecular complexity index is 500. The van der Waals surface area contributed by atoms with E-state index in [0.717, 1.165) is 34.3 Å². The summed E-state index contributed by atoms with van der Waals surface area (Å²) in [5.74, 6) is 0.0460. The maximum atomic E-state index is 10.9. The Morgan fingerprint density at radius 1 is 1.40 bits per heavy atom. The Kier molecular flexibility index (Phi) is 7.05. The first kappa shape index (κ1) is 16.5. The lowest BCUT2D eigenvalue weighted by atomic mass is 9.87. The number of aldehydes is 1. The number of allylic oxidation sites excluding steroid dienone is 2. The van der Waals surface area contributed by atoms with Crippen molar-refractivity contribution in [2.45, 2.75) is 13.3 Å². The first-order valence-electron chi connectivity index (χ1n) is 6.51. The Morgan fingerprint density at radius 2 is 2.05 bits per heavy atom. The fourth-order valence-electron chi connectivity index (χ4n) is 2.11. The minimum absolute atomic E-state index is 0.0460. The monoisotopic (exact) mass is 288 g/mol. The van der Waals surface area contributed by atoms with Crippen LogP contribution in [0.15, 0.2) is 36.9 Å². The second kappa shape index (κ2) is 8.56. The first-order chi connectivity index (χ1) is 9.63. The number of carbonyl (C=O) groups is 1. The van der Waals surface area contributed by atoms with E-state index < -0.39 is 0 Å². The van der Waals surface area contributed by atoms with Crippen molar-refractivity contribution in [1.82, 2.24) is 0 Å². The molecule has 0 spiro atoms. The van der Waals surface area contributed by atoms with E-state index in [2.05, 4.69) is 6.58 Å². The molecule has 0 aromatic heterocycles. The molecule has 0 aliphatic carbocycles. The number of rotatable bonds is 8. The van der Waals surface area contributed by atoms with Crippen LogP contribution in [0.3, 0.4) is 0 Å². The van der Waals surface area contributed by atoms with Crippen LogP contribution < -0.4 is 0 Å². The van der Waals surface area contributed by atoms with E-state index in [1.165, 1.54) is 0 Å². The summed E-state index contributed by atoms with van der Waals surface area (Å²) in [6.07, 6.45) is 4.97. The molecule has 1 aromatic rings. The molecule has 0 saturated heterocycles. The highest BCUT2D eigenvalue weighted by molar-refractivity contribution is 7.80. The Hall–Kier alpha value is -1.58. The molecule has 0 amide bonds. The minimum atomic E-state index is 0.0460. The average Bonchev–Trinajstić information content (AvgIpc) is 2.46. The van der Waals surface area contributed by atoms with Crippen LogP contribution in [0.25, 0.3) is 11.6 Å². The molecule has 0 saturated carbocycles. The molecule has 2 nitrogen and oxygen atoms in total. The van der Waals surface area contributed by atoms with E-state index >= 15 is 0 Å². The van der Waals surface area contributed by atoms with E-state index in [9.17, 15) is 4.79 Å². The largest absolute Gasteiger partial charge is 0.385 e. The summed E-state index contributed by atoms with van der Waals surface area (Å²) < 4.78 is 5.13. The van der Waals surface area contributed by atoms with Crippen LogP contribution in [0.2, 0.25) is 0 Å². The van der Waals surface area contributed by atoms with Crippen molar-refractivity contribution in [3.05, 3.63) is 48.0 Å². The average molecular weight is 288 g/mol. The highest BCUT2D eigenvalue weighted by atomic mass is 32.1. The van der Waals surface area contributed by atoms with E-state index in [-0.39, 0.29) is 5.92 Å². The van der Waals surface area contributed by atoms with Gasteiger partial charge in [0.25, 0.3) is 0 Å². The van der Waals surface area contributed by atoms with Crippen molar-refractivity contribution in [3.63, 3.8) is 0 Å². The molecule has 0 aliphatic rings. The van der Waals surface area contributed by atoms with Gasteiger partial charge in [-0.2, -0.15) is 0 Å². The molecule has 0 bridgehead atoms. The van der Waals surface area contributed by atoms with Gasteiger partial charge >= 0.3 is 0 Å². The Labute approximate surface area is 126 Å². The van der Waals surface area contributed by atoms with Gasteiger partial charge in [-0.3, -0.25) is 4.79 Å². The molecule has 1 aromatic carbocycles. The summed E-state index contributed by atoms with van der Waals surface area (Å²) in [4.78, 5) is 11.8. The summed E-state index contributed by atoms with van der Waals surface area (Å²) in [5, 5.41) is 0. The van der Waals surface area contributed by atoms with Crippen molar-refractivity contribution in [3.8, 4) is 0 Å². The number of ether oxygens (including phenoxy) is 1. The Morgan fingerprint density at radius 3 is 2.50 bits per heavy atom. The lowest BCUT2D eigenvalue weighted by Crippen LogP contribution is -2.14. The number of thiocarbonyl (C=S) groups is 1. The molecule has 1 unspecified atom stereocenters. The van der Waals surface area contributed by atoms with Crippen LogP contribution in [0, 0.1) is 5.92 Å². The molecule has 0 radical (unpaired) electrons. The summed E-state index contributed by atoms with van der Waals surface area (Å²) >= 11 is 5.34. The quantitative estimate of drug-likeness (QED) is 0.411. The van der Waals surface area contributed by atoms with E-state index in [4.69, 9.17) is 17.0 Å². The number of carbonyl (C=O) groups excluding carboxylic acids is 1. The molecule has 0 aliphatic heterocycles. The number of hydrogen-bond acceptors (Lipinski definition) is 3. The van der Waals surface area contributed by atoms with Gasteiger partial charge in [-0.15, -0.1) is 0 Å². The zero-order chi connectivity index (χ0) is 15.0. The van der Waals surface area contributed by atoms with Crippen molar-refractivity contribution in [1.29, 1.82) is 0 Å². The second-order valence-electron chi connectivity index (χ2n) is 4.53. The predicted octanol–water partition coefficient (Wildman–Crippen LogP) is 3.95. The van der Waals surface area contributed by atoms with Gasteiger partial charge < -0.3 is 4.74 Å². The first-order valence-corrected chi connectivity index (χ1v) is 6.92. The smallest absolute Gasteiger partial charge is 0.143 e. The summed E-state index contributed by atoms with van der Waals surface area (Å²) in [5.41, 5.74) is 3.00. The number of benzene rings is 1. The van der Waals surface area contributed by atoms with E-state index in [1.807, 2.05) is 31.2 Å². The van der Waals surface area contributed by atoms with Gasteiger partial charge in [-0.25, -0.2) is 0 Å². The highest BCUT2D eigenvalue weighted by Crippen LogP contribution is 2.28. The van der Waals surface area contributed by atoms with Gasteiger partial charge in [-0.05, 0) is 41.0 Å². The van der Waals surface area contributed by atoms with Gasteiger partial charge in [-0.1, -0.05) is 49.1 Å². The number of methoxy groups -OCH3 is 1. The molecule has 106 valence electrons. The van der Waals surface area contributed by atoms with E-state index in [0.29, 0.717) is 6.61 Å². The van der Waals surface area contributed by atoms with Crippen molar-refractivity contribution < 1.29 is 9.53 Å². The van der Waals surface area contributed by atoms with Crippen LogP contribution in [0.4, 0.5) is 0 Å². The lowest BCUT2D eigenvalue weighted by Gasteiger charge is -2.19. The van der Waals surface area contributed by atoms with Crippen LogP contribution in [0.1, 0.15) is 24.5 Å². The zero-order valence-electron chi connectivity index (χ0n) is 12.0. The predicted molar refractivity (Wildman–Crippen MR) is 88.8 cm³/mol. The fourth-order valence-corrected chi connectivity index (χ4v) is 2.36. The number of hydrogen-bond donors (Lipinski definition) is 0. The molecule has 20 heavy (non-hydrogen) atoms. The second-order valence-corrected chi connectivity index (χ2v) is 5.17. The summed E-state index contributed by atoms with van der Waals surface area (Å²) in [7, 11) is 1.66. The third kappa shape index (κ3) is 4.51. The summed E-state index contributed by atoms with van der Waals surface area (Å²) in [6, 6.07) is 7.94. The SMILES string of the molecule is C=Cc1ccc(/C(=C/C=O)C(CCOC)C(C)=S)cc1. The summed E-state index contributed by atoms with van der Waals surface area (Å²) in [6.45, 7) is 6.26. The van der Waals surface area contributed by atoms with Crippen LogP contribution in [-0.4, -0.2) is 24.9 Å². The molecule has 1 rings (SSSR count). The van der Waals surface area contributed by atoms with Crippen molar-refractivity contribution >= 4 is 35.0 Å². The Balaban J connectivity index is 3.12. The van der Waals surface area contributed by atoms with Gasteiger partial charge in [0.1, 0.15) is 6.29 Å². The third-order valence-electron chi connectivity index (χ3n) is 3.20. The fraction of sp³-hybridized carbons (Fsp3) is 0.294. The van der Waals surface area contributed by atoms with Crippen molar-refractivity contribution in [2.75, 3.05) is 13.7 Å². The van der Waals surface area contributed by atoms with Crippen molar-refractivity contribution in [2.24, 2.45) is 5.92 Å². The molecule has 1 atom stereocenters. The van der Waals surface area contributed by atoms with Crippen LogP contribution >= 0.6 is 12.2 Å². The van der Waals surface area contributed by atoms with E-state index in [1.54, 1.807) is 19.3 Å². The standard InChI is InChI=1S/C17H20O2S/c1-4-14-5-7-15(8-6-14)17(9-11-18)16(13(2)20)10-12-19-3/h4-9,11,16H,1,10,12H2,2-3H3/b17-9-. The maximum absolute atomic E-state index is 10.9. The van der Waals surface area contributed by atoms with Gasteiger partial charge in [0, 0.05) is 19.6 Å². The van der Waals surface area contributed by atoms with Gasteiger partial charge in [0.15, 0.2) is 0 Å². The minimum Gasteiger partial charge on any atom is -0.385 e. The molecule has 0 fully saturated rings. The molecular weight excluding hydrogens is 268 g/mol. The third-order valence-corrected chi connectivity index (χ3v) is 3.49. The van der Waals surface area contributed by atoms with Crippen LogP contribution in [0.5, 0.6) is 0 Å². The maximum Gasteiger partial charge on any atom is 0.143 e. The molecular formula is C17H20O2S. The topological polar surface area (TPSA) is 26.3 Å². The zero-order valence-corrected chi connectivity index (χ0v) is 12.8. The van der Waals surface area contributed by atoms with Gasteiger partial charge in [0.05, 0.1) is 0 Å². The van der Waals surface area contributed by atoms with Gasteiger partial charge in [0.2, 0.25) is 0 Å². The molecule has 0 N–H and O–H groups in total. The lowest BCUT2D eigenvalue weighted by molar-refractivity contribution is -0.104. The molecule has 0 heterocycles.